The number of hydrogen-bond acceptors (Lipinski definition) is 6. The lowest BCUT2D eigenvalue weighted by Crippen LogP contribution is -2.47. The van der Waals surface area contributed by atoms with Gasteiger partial charge in [-0.15, -0.1) is 0 Å². The topological polar surface area (TPSA) is 105 Å². The van der Waals surface area contributed by atoms with Gasteiger partial charge in [-0.05, 0) is 0 Å². The first-order chi connectivity index (χ1) is 9.09. The molecular weight excluding hydrogens is 272 g/mol. The maximum absolute atomic E-state index is 12.4. The molecule has 1 aromatic rings. The summed E-state index contributed by atoms with van der Waals surface area (Å²) in [5.41, 5.74) is 0. The molecular formula is C10H14N4O4S. The lowest BCUT2D eigenvalue weighted by molar-refractivity contribution is 0.0358. The van der Waals surface area contributed by atoms with Crippen LogP contribution in [0.2, 0.25) is 0 Å². The first-order valence-corrected chi connectivity index (χ1v) is 7.24. The van der Waals surface area contributed by atoms with Crippen LogP contribution in [-0.4, -0.2) is 54.7 Å². The number of aromatic nitrogens is 2. The van der Waals surface area contributed by atoms with Crippen LogP contribution in [0.3, 0.4) is 0 Å². The van der Waals surface area contributed by atoms with Crippen LogP contribution in [0.1, 0.15) is 12.7 Å². The van der Waals surface area contributed by atoms with E-state index in [0.29, 0.717) is 12.2 Å². The molecule has 0 aliphatic carbocycles. The first-order valence-electron chi connectivity index (χ1n) is 5.80. The van der Waals surface area contributed by atoms with E-state index in [-0.39, 0.29) is 24.8 Å². The minimum Gasteiger partial charge on any atom is -0.376 e. The van der Waals surface area contributed by atoms with Crippen LogP contribution in [0, 0.1) is 0 Å². The quantitative estimate of drug-likeness (QED) is 0.602. The van der Waals surface area contributed by atoms with Crippen LogP contribution >= 0.6 is 0 Å². The molecule has 1 aliphatic rings. The molecule has 1 saturated heterocycles. The highest BCUT2D eigenvalue weighted by Gasteiger charge is 2.35. The molecule has 1 aromatic heterocycles. The third kappa shape index (κ3) is 2.74. The predicted octanol–water partition coefficient (Wildman–Crippen LogP) is -0.345. The number of aliphatic imine (C=N–C) groups is 1. The summed E-state index contributed by atoms with van der Waals surface area (Å²) in [7, 11) is -3.76. The molecule has 0 aromatic carbocycles. The van der Waals surface area contributed by atoms with Gasteiger partial charge < -0.3 is 9.72 Å². The van der Waals surface area contributed by atoms with E-state index in [2.05, 4.69) is 15.0 Å². The molecule has 19 heavy (non-hydrogen) atoms. The number of aromatic amines is 1. The van der Waals surface area contributed by atoms with E-state index < -0.39 is 16.2 Å². The molecule has 0 saturated carbocycles. The molecule has 1 N–H and O–H groups in total. The standard InChI is InChI=1S/C10H14N4O4S/c1-2-8-11-5-10(13-8)19(16,17)14-3-4-18-6-9(14)12-7-15/h5,9H,2-4,6H2,1H3,(H,11,13). The van der Waals surface area contributed by atoms with Crippen LogP contribution in [-0.2, 0) is 26.0 Å². The van der Waals surface area contributed by atoms with Gasteiger partial charge in [0.15, 0.2) is 11.2 Å². The normalized spacial score (nSPS) is 21.0. The van der Waals surface area contributed by atoms with E-state index in [1.54, 1.807) is 0 Å². The van der Waals surface area contributed by atoms with Gasteiger partial charge in [0.25, 0.3) is 10.0 Å². The summed E-state index contributed by atoms with van der Waals surface area (Å²) >= 11 is 0. The molecule has 2 heterocycles. The van der Waals surface area contributed by atoms with Crippen molar-refractivity contribution in [2.24, 2.45) is 4.99 Å². The number of ether oxygens (including phenoxy) is 1. The van der Waals surface area contributed by atoms with Crippen molar-refractivity contribution in [3.05, 3.63) is 12.0 Å². The van der Waals surface area contributed by atoms with Gasteiger partial charge in [-0.2, -0.15) is 9.30 Å². The summed E-state index contributed by atoms with van der Waals surface area (Å²) in [6.45, 7) is 2.31. The molecule has 1 unspecified atom stereocenters. The van der Waals surface area contributed by atoms with E-state index >= 15 is 0 Å². The lowest BCUT2D eigenvalue weighted by atomic mass is 10.4. The Labute approximate surface area is 110 Å². The van der Waals surface area contributed by atoms with Crippen molar-refractivity contribution in [1.29, 1.82) is 0 Å². The van der Waals surface area contributed by atoms with E-state index in [0.717, 1.165) is 4.31 Å². The molecule has 9 heteroatoms. The van der Waals surface area contributed by atoms with Crippen molar-refractivity contribution in [1.82, 2.24) is 14.3 Å². The maximum Gasteiger partial charge on any atom is 0.262 e. The summed E-state index contributed by atoms with van der Waals surface area (Å²) in [5.74, 6) is 0.585. The van der Waals surface area contributed by atoms with E-state index in [1.807, 2.05) is 6.92 Å². The molecule has 0 radical (unpaired) electrons. The third-order valence-corrected chi connectivity index (χ3v) is 4.59. The number of aryl methyl sites for hydroxylation is 1. The van der Waals surface area contributed by atoms with Gasteiger partial charge in [0.2, 0.25) is 6.08 Å². The summed E-state index contributed by atoms with van der Waals surface area (Å²) in [4.78, 5) is 20.5. The largest absolute Gasteiger partial charge is 0.376 e. The fourth-order valence-electron chi connectivity index (χ4n) is 1.80. The second kappa shape index (κ2) is 5.62. The number of nitrogens with zero attached hydrogens (tertiary/aromatic N) is 3. The van der Waals surface area contributed by atoms with Gasteiger partial charge in [-0.1, -0.05) is 6.92 Å². The van der Waals surface area contributed by atoms with Crippen molar-refractivity contribution >= 4 is 16.1 Å². The number of H-pyrrole nitrogens is 1. The average Bonchev–Trinajstić information content (AvgIpc) is 2.89. The molecule has 1 fully saturated rings. The number of rotatable bonds is 4. The third-order valence-electron chi connectivity index (χ3n) is 2.78. The Morgan fingerprint density at radius 1 is 1.68 bits per heavy atom. The van der Waals surface area contributed by atoms with Crippen LogP contribution in [0.4, 0.5) is 0 Å². The summed E-state index contributed by atoms with van der Waals surface area (Å²) in [6.07, 6.45) is 2.37. The minimum absolute atomic E-state index is 0.00245. The van der Waals surface area contributed by atoms with Gasteiger partial charge in [0.1, 0.15) is 5.82 Å². The number of imidazole rings is 1. The Bertz CT molecular complexity index is 590. The highest BCUT2D eigenvalue weighted by atomic mass is 32.2. The zero-order valence-corrected chi connectivity index (χ0v) is 11.2. The maximum atomic E-state index is 12.4. The predicted molar refractivity (Wildman–Crippen MR) is 64.6 cm³/mol. The fraction of sp³-hybridized carbons (Fsp3) is 0.600. The van der Waals surface area contributed by atoms with Gasteiger partial charge >= 0.3 is 0 Å². The van der Waals surface area contributed by atoms with Crippen molar-refractivity contribution in [2.75, 3.05) is 19.8 Å². The number of nitrogens with one attached hydrogen (secondary N) is 1. The Hall–Kier alpha value is -1.54. The molecule has 0 amide bonds. The van der Waals surface area contributed by atoms with E-state index in [9.17, 15) is 13.2 Å². The van der Waals surface area contributed by atoms with Crippen LogP contribution in [0.15, 0.2) is 16.2 Å². The zero-order chi connectivity index (χ0) is 13.9. The molecule has 1 atom stereocenters. The summed E-state index contributed by atoms with van der Waals surface area (Å²) in [5, 5.41) is -0.00245. The Balaban J connectivity index is 2.33. The number of hydrogen-bond donors (Lipinski definition) is 1. The smallest absolute Gasteiger partial charge is 0.262 e. The zero-order valence-electron chi connectivity index (χ0n) is 10.4. The molecule has 2 rings (SSSR count). The lowest BCUT2D eigenvalue weighted by Gasteiger charge is -2.30. The molecule has 104 valence electrons. The van der Waals surface area contributed by atoms with Crippen molar-refractivity contribution in [3.8, 4) is 0 Å². The Morgan fingerprint density at radius 2 is 2.47 bits per heavy atom. The van der Waals surface area contributed by atoms with Crippen molar-refractivity contribution in [3.63, 3.8) is 0 Å². The average molecular weight is 286 g/mol. The van der Waals surface area contributed by atoms with Gasteiger partial charge in [-0.3, -0.25) is 0 Å². The van der Waals surface area contributed by atoms with Crippen LogP contribution in [0.5, 0.6) is 0 Å². The molecule has 0 spiro atoms. The first kappa shape index (κ1) is 13.9. The van der Waals surface area contributed by atoms with Crippen LogP contribution < -0.4 is 0 Å². The van der Waals surface area contributed by atoms with Gasteiger partial charge in [0, 0.05) is 13.0 Å². The number of sulfonamides is 1. The van der Waals surface area contributed by atoms with Crippen LogP contribution in [0.25, 0.3) is 0 Å². The minimum atomic E-state index is -3.76. The Morgan fingerprint density at radius 3 is 3.11 bits per heavy atom. The summed E-state index contributed by atoms with van der Waals surface area (Å²) < 4.78 is 31.1. The fourth-order valence-corrected chi connectivity index (χ4v) is 3.23. The number of isocyanates is 1. The van der Waals surface area contributed by atoms with Gasteiger partial charge in [-0.25, -0.2) is 18.2 Å². The molecule has 8 nitrogen and oxygen atoms in total. The van der Waals surface area contributed by atoms with Crippen molar-refractivity contribution < 1.29 is 17.9 Å². The van der Waals surface area contributed by atoms with E-state index in [4.69, 9.17) is 4.74 Å². The van der Waals surface area contributed by atoms with Crippen molar-refractivity contribution in [2.45, 2.75) is 24.5 Å². The number of carbonyl (C=O) groups excluding carboxylic acids is 1. The monoisotopic (exact) mass is 286 g/mol. The summed E-state index contributed by atoms with van der Waals surface area (Å²) in [6, 6.07) is 0. The highest BCUT2D eigenvalue weighted by molar-refractivity contribution is 7.89. The second-order valence-corrected chi connectivity index (χ2v) is 5.80. The SMILES string of the molecule is CCc1ncc(S(=O)(=O)N2CCOCC2N=C=O)[nH]1. The number of morpholine rings is 1. The van der Waals surface area contributed by atoms with E-state index in [1.165, 1.54) is 12.3 Å². The molecule has 0 bridgehead atoms. The highest BCUT2D eigenvalue weighted by Crippen LogP contribution is 2.19. The second-order valence-electron chi connectivity index (χ2n) is 3.94. The Kier molecular flexibility index (Phi) is 4.11. The molecule has 1 aliphatic heterocycles. The van der Waals surface area contributed by atoms with Gasteiger partial charge in [0.05, 0.1) is 19.4 Å².